The monoisotopic (exact) mass is 243 g/mol. The van der Waals surface area contributed by atoms with Gasteiger partial charge in [0.2, 0.25) is 0 Å². The third-order valence-electron chi connectivity index (χ3n) is 1.97. The number of benzene rings is 1. The van der Waals surface area contributed by atoms with Crippen LogP contribution in [0.1, 0.15) is 6.42 Å². The Morgan fingerprint density at radius 1 is 1.33 bits per heavy atom. The standard InChI is InChI=1S/C11H17NOS2/c1-13-9-4-5-10(12)11(8-9)15-7-3-6-14-2/h4-5,8H,3,6-7,12H2,1-2H3. The van der Waals surface area contributed by atoms with E-state index in [1.165, 1.54) is 12.2 Å². The third-order valence-corrected chi connectivity index (χ3v) is 3.83. The van der Waals surface area contributed by atoms with Crippen LogP contribution in [-0.4, -0.2) is 24.9 Å². The van der Waals surface area contributed by atoms with Crippen LogP contribution in [0.25, 0.3) is 0 Å². The van der Waals surface area contributed by atoms with Gasteiger partial charge in [0.15, 0.2) is 0 Å². The first kappa shape index (κ1) is 12.6. The summed E-state index contributed by atoms with van der Waals surface area (Å²) in [5.74, 6) is 3.19. The van der Waals surface area contributed by atoms with E-state index in [9.17, 15) is 0 Å². The Morgan fingerprint density at radius 2 is 2.13 bits per heavy atom. The first-order chi connectivity index (χ1) is 7.27. The maximum Gasteiger partial charge on any atom is 0.120 e. The van der Waals surface area contributed by atoms with Crippen molar-refractivity contribution >= 4 is 29.2 Å². The van der Waals surface area contributed by atoms with Crippen molar-refractivity contribution in [2.24, 2.45) is 0 Å². The Morgan fingerprint density at radius 3 is 2.80 bits per heavy atom. The molecule has 0 bridgehead atoms. The van der Waals surface area contributed by atoms with Crippen molar-refractivity contribution in [1.82, 2.24) is 0 Å². The Kier molecular flexibility index (Phi) is 5.79. The molecule has 0 saturated carbocycles. The van der Waals surface area contributed by atoms with Crippen molar-refractivity contribution in [3.05, 3.63) is 18.2 Å². The zero-order valence-corrected chi connectivity index (χ0v) is 10.8. The molecular formula is C11H17NOS2. The van der Waals surface area contributed by atoms with E-state index in [-0.39, 0.29) is 0 Å². The fraction of sp³-hybridized carbons (Fsp3) is 0.455. The average molecular weight is 243 g/mol. The lowest BCUT2D eigenvalue weighted by Gasteiger charge is -2.07. The average Bonchev–Trinajstić information content (AvgIpc) is 2.26. The highest BCUT2D eigenvalue weighted by atomic mass is 32.2. The van der Waals surface area contributed by atoms with Crippen molar-refractivity contribution in [1.29, 1.82) is 0 Å². The maximum absolute atomic E-state index is 5.88. The molecule has 0 aliphatic rings. The number of nitrogen functional groups attached to an aromatic ring is 1. The van der Waals surface area contributed by atoms with E-state index >= 15 is 0 Å². The third kappa shape index (κ3) is 4.26. The van der Waals surface area contributed by atoms with Crippen LogP contribution in [0.4, 0.5) is 5.69 Å². The van der Waals surface area contributed by atoms with Crippen LogP contribution in [0, 0.1) is 0 Å². The van der Waals surface area contributed by atoms with Crippen molar-refractivity contribution in [3.63, 3.8) is 0 Å². The van der Waals surface area contributed by atoms with Crippen molar-refractivity contribution in [2.45, 2.75) is 11.3 Å². The molecule has 4 heteroatoms. The van der Waals surface area contributed by atoms with Crippen molar-refractivity contribution < 1.29 is 4.74 Å². The van der Waals surface area contributed by atoms with Gasteiger partial charge in [-0.3, -0.25) is 0 Å². The summed E-state index contributed by atoms with van der Waals surface area (Å²) in [5, 5.41) is 0. The van der Waals surface area contributed by atoms with E-state index in [2.05, 4.69) is 6.26 Å². The number of hydrogen-bond acceptors (Lipinski definition) is 4. The second-order valence-corrected chi connectivity index (χ2v) is 5.22. The molecule has 0 atom stereocenters. The van der Waals surface area contributed by atoms with E-state index in [1.54, 1.807) is 18.9 Å². The van der Waals surface area contributed by atoms with E-state index in [0.29, 0.717) is 0 Å². The molecule has 84 valence electrons. The molecule has 2 nitrogen and oxygen atoms in total. The summed E-state index contributed by atoms with van der Waals surface area (Å²) in [6, 6.07) is 5.79. The minimum absolute atomic E-state index is 0.838. The predicted octanol–water partition coefficient (Wildman–Crippen LogP) is 3.12. The van der Waals surface area contributed by atoms with Crippen molar-refractivity contribution in [3.8, 4) is 5.75 Å². The van der Waals surface area contributed by atoms with Gasteiger partial charge in [0, 0.05) is 10.6 Å². The molecule has 0 amide bonds. The van der Waals surface area contributed by atoms with Crippen molar-refractivity contribution in [2.75, 3.05) is 30.6 Å². The molecular weight excluding hydrogens is 226 g/mol. The first-order valence-corrected chi connectivity index (χ1v) is 7.21. The van der Waals surface area contributed by atoms with E-state index < -0.39 is 0 Å². The van der Waals surface area contributed by atoms with Gasteiger partial charge < -0.3 is 10.5 Å². The number of nitrogens with two attached hydrogens (primary N) is 1. The number of rotatable bonds is 6. The Bertz CT molecular complexity index is 305. The lowest BCUT2D eigenvalue weighted by atomic mass is 10.3. The maximum atomic E-state index is 5.88. The molecule has 0 aliphatic heterocycles. The first-order valence-electron chi connectivity index (χ1n) is 4.83. The molecule has 0 aromatic heterocycles. The summed E-state index contributed by atoms with van der Waals surface area (Å²) >= 11 is 3.68. The van der Waals surface area contributed by atoms with Crippen LogP contribution in [0.3, 0.4) is 0 Å². The fourth-order valence-electron chi connectivity index (χ4n) is 1.15. The Balaban J connectivity index is 2.51. The number of anilines is 1. The summed E-state index contributed by atoms with van der Waals surface area (Å²) in [6.07, 6.45) is 3.34. The van der Waals surface area contributed by atoms with Crippen LogP contribution < -0.4 is 10.5 Å². The zero-order valence-electron chi connectivity index (χ0n) is 9.16. The van der Waals surface area contributed by atoms with E-state index in [4.69, 9.17) is 10.5 Å². The fourth-order valence-corrected chi connectivity index (χ4v) is 2.71. The molecule has 0 aliphatic carbocycles. The molecule has 0 spiro atoms. The highest BCUT2D eigenvalue weighted by Gasteiger charge is 2.01. The topological polar surface area (TPSA) is 35.2 Å². The van der Waals surface area contributed by atoms with Gasteiger partial charge in [0.25, 0.3) is 0 Å². The largest absolute Gasteiger partial charge is 0.497 e. The highest BCUT2D eigenvalue weighted by Crippen LogP contribution is 2.29. The minimum atomic E-state index is 0.838. The van der Waals surface area contributed by atoms with E-state index in [1.807, 2.05) is 30.0 Å². The molecule has 0 saturated heterocycles. The van der Waals surface area contributed by atoms with Gasteiger partial charge in [-0.05, 0) is 42.4 Å². The molecule has 1 aromatic rings. The molecule has 0 fully saturated rings. The zero-order chi connectivity index (χ0) is 11.1. The normalized spacial score (nSPS) is 10.3. The van der Waals surface area contributed by atoms with Gasteiger partial charge in [-0.15, -0.1) is 11.8 Å². The summed E-state index contributed by atoms with van der Waals surface area (Å²) in [5.41, 5.74) is 6.72. The molecule has 0 unspecified atom stereocenters. The summed E-state index contributed by atoms with van der Waals surface area (Å²) in [4.78, 5) is 1.12. The second kappa shape index (κ2) is 6.90. The molecule has 1 rings (SSSR count). The van der Waals surface area contributed by atoms with Crippen LogP contribution >= 0.6 is 23.5 Å². The number of hydrogen-bond donors (Lipinski definition) is 1. The van der Waals surface area contributed by atoms with Gasteiger partial charge in [-0.1, -0.05) is 0 Å². The Hall–Kier alpha value is -0.480. The van der Waals surface area contributed by atoms with Gasteiger partial charge in [-0.25, -0.2) is 0 Å². The molecule has 2 N–H and O–H groups in total. The molecule has 0 radical (unpaired) electrons. The van der Waals surface area contributed by atoms with Crippen LogP contribution in [0.15, 0.2) is 23.1 Å². The molecule has 1 aromatic carbocycles. The predicted molar refractivity (Wildman–Crippen MR) is 71.1 cm³/mol. The smallest absolute Gasteiger partial charge is 0.120 e. The van der Waals surface area contributed by atoms with Crippen LogP contribution in [0.5, 0.6) is 5.75 Å². The Labute approximate surface area is 100.0 Å². The van der Waals surface area contributed by atoms with Gasteiger partial charge in [0.1, 0.15) is 5.75 Å². The number of ether oxygens (including phenoxy) is 1. The van der Waals surface area contributed by atoms with Crippen LogP contribution in [-0.2, 0) is 0 Å². The van der Waals surface area contributed by atoms with E-state index in [0.717, 1.165) is 22.1 Å². The lowest BCUT2D eigenvalue weighted by molar-refractivity contribution is 0.414. The number of thioether (sulfide) groups is 2. The summed E-state index contributed by atoms with van der Waals surface area (Å²) < 4.78 is 5.16. The molecule has 0 heterocycles. The van der Waals surface area contributed by atoms with Crippen LogP contribution in [0.2, 0.25) is 0 Å². The van der Waals surface area contributed by atoms with Gasteiger partial charge in [-0.2, -0.15) is 11.8 Å². The minimum Gasteiger partial charge on any atom is -0.497 e. The van der Waals surface area contributed by atoms with Gasteiger partial charge >= 0.3 is 0 Å². The SMILES string of the molecule is COc1ccc(N)c(SCCCSC)c1. The summed E-state index contributed by atoms with van der Waals surface area (Å²) in [7, 11) is 1.67. The van der Waals surface area contributed by atoms with Gasteiger partial charge in [0.05, 0.1) is 7.11 Å². The second-order valence-electron chi connectivity index (χ2n) is 3.10. The summed E-state index contributed by atoms with van der Waals surface area (Å²) in [6.45, 7) is 0. The lowest BCUT2D eigenvalue weighted by Crippen LogP contribution is -1.92. The molecule has 15 heavy (non-hydrogen) atoms. The number of methoxy groups -OCH3 is 1. The highest BCUT2D eigenvalue weighted by molar-refractivity contribution is 8.00. The quantitative estimate of drug-likeness (QED) is 0.473.